The lowest BCUT2D eigenvalue weighted by atomic mass is 10.0. The number of anilines is 2. The number of nitrogens with one attached hydrogen (secondary N) is 1. The average molecular weight is 333 g/mol. The average Bonchev–Trinajstić information content (AvgIpc) is 2.42. The second-order valence-corrected chi connectivity index (χ2v) is 5.69. The Labute approximate surface area is 127 Å². The van der Waals surface area contributed by atoms with E-state index in [1.165, 1.54) is 0 Å². The monoisotopic (exact) mass is 332 g/mol. The lowest BCUT2D eigenvalue weighted by Gasteiger charge is -2.14. The molecule has 0 unspecified atom stereocenters. The van der Waals surface area contributed by atoms with Gasteiger partial charge in [0.1, 0.15) is 0 Å². The van der Waals surface area contributed by atoms with E-state index in [1.807, 2.05) is 45.0 Å². The fraction of sp³-hybridized carbons (Fsp3) is 0.188. The Morgan fingerprint density at radius 1 is 1.10 bits per heavy atom. The van der Waals surface area contributed by atoms with Crippen LogP contribution in [0.15, 0.2) is 34.8 Å². The molecule has 0 aromatic heterocycles. The molecule has 4 heteroatoms. The van der Waals surface area contributed by atoms with Gasteiger partial charge in [-0.25, -0.2) is 0 Å². The standard InChI is InChI=1S/C16H17BrN2O/c1-9-7-8-14(18)15(10(9)2)19-16(20)12-5-4-6-13(17)11(12)3/h4-8H,18H2,1-3H3,(H,19,20). The Morgan fingerprint density at radius 2 is 1.80 bits per heavy atom. The largest absolute Gasteiger partial charge is 0.397 e. The Kier molecular flexibility index (Phi) is 4.14. The van der Waals surface area contributed by atoms with Crippen LogP contribution in [-0.2, 0) is 0 Å². The van der Waals surface area contributed by atoms with E-state index < -0.39 is 0 Å². The number of hydrogen-bond donors (Lipinski definition) is 2. The summed E-state index contributed by atoms with van der Waals surface area (Å²) in [5.74, 6) is -0.149. The van der Waals surface area contributed by atoms with Crippen LogP contribution >= 0.6 is 15.9 Å². The third kappa shape index (κ3) is 2.70. The summed E-state index contributed by atoms with van der Waals surface area (Å²) in [4.78, 5) is 12.4. The van der Waals surface area contributed by atoms with Gasteiger partial charge in [0.15, 0.2) is 0 Å². The maximum absolute atomic E-state index is 12.4. The van der Waals surface area contributed by atoms with Crippen LogP contribution in [0.1, 0.15) is 27.0 Å². The van der Waals surface area contributed by atoms with Crippen LogP contribution in [-0.4, -0.2) is 5.91 Å². The number of rotatable bonds is 2. The highest BCUT2D eigenvalue weighted by molar-refractivity contribution is 9.10. The molecular weight excluding hydrogens is 316 g/mol. The van der Waals surface area contributed by atoms with Gasteiger partial charge in [0.25, 0.3) is 5.91 Å². The van der Waals surface area contributed by atoms with E-state index in [9.17, 15) is 4.79 Å². The van der Waals surface area contributed by atoms with Gasteiger partial charge in [0, 0.05) is 10.0 Å². The predicted molar refractivity (Wildman–Crippen MR) is 87.2 cm³/mol. The van der Waals surface area contributed by atoms with E-state index in [0.29, 0.717) is 16.9 Å². The van der Waals surface area contributed by atoms with Gasteiger partial charge in [-0.1, -0.05) is 28.1 Å². The number of hydrogen-bond acceptors (Lipinski definition) is 2. The number of amides is 1. The second-order valence-electron chi connectivity index (χ2n) is 4.84. The molecule has 0 spiro atoms. The van der Waals surface area contributed by atoms with Gasteiger partial charge in [0.2, 0.25) is 0 Å². The minimum atomic E-state index is -0.149. The number of benzene rings is 2. The van der Waals surface area contributed by atoms with Gasteiger partial charge in [-0.3, -0.25) is 4.79 Å². The molecule has 0 atom stereocenters. The number of aryl methyl sites for hydroxylation is 1. The van der Waals surface area contributed by atoms with Crippen molar-refractivity contribution in [1.82, 2.24) is 0 Å². The SMILES string of the molecule is Cc1ccc(N)c(NC(=O)c2cccc(Br)c2C)c1C. The van der Waals surface area contributed by atoms with Crippen molar-refractivity contribution in [3.8, 4) is 0 Å². The van der Waals surface area contributed by atoms with Gasteiger partial charge in [-0.15, -0.1) is 0 Å². The zero-order valence-electron chi connectivity index (χ0n) is 11.8. The van der Waals surface area contributed by atoms with Crippen molar-refractivity contribution in [2.45, 2.75) is 20.8 Å². The third-order valence-corrected chi connectivity index (χ3v) is 4.38. The molecule has 0 fully saturated rings. The Bertz CT molecular complexity index is 680. The fourth-order valence-corrected chi connectivity index (χ4v) is 2.40. The van der Waals surface area contributed by atoms with Crippen LogP contribution in [0.3, 0.4) is 0 Å². The number of nitrogen functional groups attached to an aromatic ring is 1. The minimum Gasteiger partial charge on any atom is -0.397 e. The summed E-state index contributed by atoms with van der Waals surface area (Å²) in [7, 11) is 0. The third-order valence-electron chi connectivity index (χ3n) is 3.52. The summed E-state index contributed by atoms with van der Waals surface area (Å²) in [6.45, 7) is 5.86. The number of carbonyl (C=O) groups excluding carboxylic acids is 1. The fourth-order valence-electron chi connectivity index (χ4n) is 2.04. The summed E-state index contributed by atoms with van der Waals surface area (Å²) in [6.07, 6.45) is 0. The molecule has 0 bridgehead atoms. The topological polar surface area (TPSA) is 55.1 Å². The molecule has 0 aliphatic carbocycles. The van der Waals surface area contributed by atoms with Crippen LogP contribution in [0.2, 0.25) is 0 Å². The van der Waals surface area contributed by atoms with Crippen LogP contribution in [0.5, 0.6) is 0 Å². The van der Waals surface area contributed by atoms with Crippen molar-refractivity contribution in [2.24, 2.45) is 0 Å². The van der Waals surface area contributed by atoms with Crippen LogP contribution < -0.4 is 11.1 Å². The van der Waals surface area contributed by atoms with Gasteiger partial charge in [-0.2, -0.15) is 0 Å². The van der Waals surface area contributed by atoms with Crippen molar-refractivity contribution in [3.63, 3.8) is 0 Å². The zero-order chi connectivity index (χ0) is 14.9. The Morgan fingerprint density at radius 3 is 2.50 bits per heavy atom. The summed E-state index contributed by atoms with van der Waals surface area (Å²) in [5, 5.41) is 2.92. The molecule has 2 aromatic carbocycles. The molecule has 0 aliphatic heterocycles. The first-order chi connectivity index (χ1) is 9.41. The van der Waals surface area contributed by atoms with E-state index in [0.717, 1.165) is 21.2 Å². The van der Waals surface area contributed by atoms with Crippen LogP contribution in [0.25, 0.3) is 0 Å². The maximum Gasteiger partial charge on any atom is 0.256 e. The first kappa shape index (κ1) is 14.6. The molecule has 2 aromatic rings. The van der Waals surface area contributed by atoms with E-state index >= 15 is 0 Å². The molecule has 20 heavy (non-hydrogen) atoms. The van der Waals surface area contributed by atoms with Crippen molar-refractivity contribution in [2.75, 3.05) is 11.1 Å². The van der Waals surface area contributed by atoms with Gasteiger partial charge in [-0.05, 0) is 55.7 Å². The molecular formula is C16H17BrN2O. The summed E-state index contributed by atoms with van der Waals surface area (Å²) < 4.78 is 0.916. The molecule has 0 radical (unpaired) electrons. The minimum absolute atomic E-state index is 0.149. The molecule has 3 nitrogen and oxygen atoms in total. The molecule has 104 valence electrons. The lowest BCUT2D eigenvalue weighted by Crippen LogP contribution is -2.16. The van der Waals surface area contributed by atoms with Crippen molar-refractivity contribution in [1.29, 1.82) is 0 Å². The van der Waals surface area contributed by atoms with Gasteiger partial charge in [0.05, 0.1) is 11.4 Å². The summed E-state index contributed by atoms with van der Waals surface area (Å²) in [6, 6.07) is 9.32. The van der Waals surface area contributed by atoms with Crippen molar-refractivity contribution in [3.05, 3.63) is 57.1 Å². The number of carbonyl (C=O) groups is 1. The maximum atomic E-state index is 12.4. The summed E-state index contributed by atoms with van der Waals surface area (Å²) in [5.41, 5.74) is 10.9. The zero-order valence-corrected chi connectivity index (χ0v) is 13.3. The number of nitrogens with two attached hydrogens (primary N) is 1. The molecule has 0 aliphatic rings. The highest BCUT2D eigenvalue weighted by Gasteiger charge is 2.14. The highest BCUT2D eigenvalue weighted by Crippen LogP contribution is 2.27. The highest BCUT2D eigenvalue weighted by atomic mass is 79.9. The van der Waals surface area contributed by atoms with E-state index in [2.05, 4.69) is 21.2 Å². The smallest absolute Gasteiger partial charge is 0.256 e. The Hall–Kier alpha value is -1.81. The predicted octanol–water partition coefficient (Wildman–Crippen LogP) is 4.21. The first-order valence-corrected chi connectivity index (χ1v) is 7.13. The Balaban J connectivity index is 2.38. The number of halogens is 1. The molecule has 0 heterocycles. The van der Waals surface area contributed by atoms with E-state index in [1.54, 1.807) is 6.07 Å². The quantitative estimate of drug-likeness (QED) is 0.809. The first-order valence-electron chi connectivity index (χ1n) is 6.34. The van der Waals surface area contributed by atoms with Crippen LogP contribution in [0, 0.1) is 20.8 Å². The van der Waals surface area contributed by atoms with Crippen LogP contribution in [0.4, 0.5) is 11.4 Å². The van der Waals surface area contributed by atoms with E-state index in [4.69, 9.17) is 5.73 Å². The van der Waals surface area contributed by atoms with Gasteiger partial charge < -0.3 is 11.1 Å². The van der Waals surface area contributed by atoms with E-state index in [-0.39, 0.29) is 5.91 Å². The molecule has 2 rings (SSSR count). The lowest BCUT2D eigenvalue weighted by molar-refractivity contribution is 0.102. The normalized spacial score (nSPS) is 10.4. The molecule has 0 saturated heterocycles. The molecule has 3 N–H and O–H groups in total. The van der Waals surface area contributed by atoms with Crippen molar-refractivity contribution >= 4 is 33.2 Å². The van der Waals surface area contributed by atoms with Gasteiger partial charge >= 0.3 is 0 Å². The summed E-state index contributed by atoms with van der Waals surface area (Å²) >= 11 is 3.44. The second kappa shape index (κ2) is 5.67. The molecule has 1 amide bonds. The molecule has 0 saturated carbocycles. The van der Waals surface area contributed by atoms with Crippen molar-refractivity contribution < 1.29 is 4.79 Å².